The van der Waals surface area contributed by atoms with Crippen molar-refractivity contribution >= 4 is 62.7 Å². The molecule has 2 amide bonds. The van der Waals surface area contributed by atoms with Crippen LogP contribution in [0.15, 0.2) is 77.3 Å². The maximum atomic E-state index is 13.7. The SMILES string of the molecule is CC[C@@H](C)NC(=O)[C@@H](Cc1ccccc1)N(Cc1cccc(Br)c1)C(=O)CSCc1c(Cl)cccc1Cl. The Morgan fingerprint density at radius 3 is 2.27 bits per heavy atom. The average molecular weight is 622 g/mol. The number of carbonyl (C=O) groups excluding carboxylic acids is 2. The van der Waals surface area contributed by atoms with Crippen LogP contribution < -0.4 is 5.32 Å². The molecule has 0 spiro atoms. The van der Waals surface area contributed by atoms with Gasteiger partial charge in [0, 0.05) is 39.3 Å². The van der Waals surface area contributed by atoms with Gasteiger partial charge in [-0.05, 0) is 54.3 Å². The summed E-state index contributed by atoms with van der Waals surface area (Å²) in [6.07, 6.45) is 1.22. The molecule has 0 bridgehead atoms. The Balaban J connectivity index is 1.88. The van der Waals surface area contributed by atoms with Crippen LogP contribution in [0, 0.1) is 0 Å². The minimum absolute atomic E-state index is 0.00494. The summed E-state index contributed by atoms with van der Waals surface area (Å²) in [6.45, 7) is 4.32. The van der Waals surface area contributed by atoms with Crippen LogP contribution in [0.3, 0.4) is 0 Å². The molecule has 0 heterocycles. The van der Waals surface area contributed by atoms with Gasteiger partial charge in [0.2, 0.25) is 11.8 Å². The van der Waals surface area contributed by atoms with Crippen molar-refractivity contribution in [3.05, 3.63) is 104 Å². The smallest absolute Gasteiger partial charge is 0.243 e. The van der Waals surface area contributed by atoms with Gasteiger partial charge in [-0.1, -0.05) is 94.6 Å². The van der Waals surface area contributed by atoms with Gasteiger partial charge in [0.15, 0.2) is 0 Å². The fraction of sp³-hybridized carbons (Fsp3) is 0.310. The molecule has 37 heavy (non-hydrogen) atoms. The standard InChI is InChI=1S/C29H31BrCl2N2O2S/c1-3-20(2)33-29(36)27(16-21-9-5-4-6-10-21)34(17-22-11-7-12-23(30)15-22)28(35)19-37-18-24-25(31)13-8-14-26(24)32/h4-15,20,27H,3,16-19H2,1-2H3,(H,33,36)/t20-,27-/m1/s1. The molecule has 8 heteroatoms. The maximum absolute atomic E-state index is 13.7. The summed E-state index contributed by atoms with van der Waals surface area (Å²) in [7, 11) is 0. The van der Waals surface area contributed by atoms with E-state index in [2.05, 4.69) is 21.2 Å². The highest BCUT2D eigenvalue weighted by atomic mass is 79.9. The molecule has 3 aromatic rings. The quantitative estimate of drug-likeness (QED) is 0.227. The minimum Gasteiger partial charge on any atom is -0.352 e. The van der Waals surface area contributed by atoms with Crippen LogP contribution in [-0.4, -0.2) is 34.6 Å². The van der Waals surface area contributed by atoms with E-state index in [4.69, 9.17) is 23.2 Å². The number of amides is 2. The van der Waals surface area contributed by atoms with E-state index in [-0.39, 0.29) is 23.6 Å². The van der Waals surface area contributed by atoms with Crippen molar-refractivity contribution in [1.82, 2.24) is 10.2 Å². The minimum atomic E-state index is -0.660. The number of nitrogens with one attached hydrogen (secondary N) is 1. The van der Waals surface area contributed by atoms with Crippen LogP contribution in [0.2, 0.25) is 10.0 Å². The molecule has 0 saturated carbocycles. The third kappa shape index (κ3) is 9.06. The zero-order valence-corrected chi connectivity index (χ0v) is 24.8. The number of halogens is 3. The van der Waals surface area contributed by atoms with Crippen molar-refractivity contribution in [3.63, 3.8) is 0 Å². The predicted octanol–water partition coefficient (Wildman–Crippen LogP) is 7.54. The average Bonchev–Trinajstić information content (AvgIpc) is 2.88. The maximum Gasteiger partial charge on any atom is 0.243 e. The second-order valence-corrected chi connectivity index (χ2v) is 11.6. The first-order valence-corrected chi connectivity index (χ1v) is 14.9. The highest BCUT2D eigenvalue weighted by Gasteiger charge is 2.31. The number of thioether (sulfide) groups is 1. The Morgan fingerprint density at radius 2 is 1.62 bits per heavy atom. The van der Waals surface area contributed by atoms with Crippen molar-refractivity contribution < 1.29 is 9.59 Å². The highest BCUT2D eigenvalue weighted by molar-refractivity contribution is 9.10. The van der Waals surface area contributed by atoms with Gasteiger partial charge in [-0.2, -0.15) is 0 Å². The van der Waals surface area contributed by atoms with Gasteiger partial charge < -0.3 is 10.2 Å². The molecule has 3 aromatic carbocycles. The normalized spacial score (nSPS) is 12.6. The van der Waals surface area contributed by atoms with Gasteiger partial charge in [-0.3, -0.25) is 9.59 Å². The number of benzene rings is 3. The molecule has 0 fully saturated rings. The third-order valence-electron chi connectivity index (χ3n) is 6.05. The summed E-state index contributed by atoms with van der Waals surface area (Å²) in [5, 5.41) is 4.25. The zero-order chi connectivity index (χ0) is 26.8. The van der Waals surface area contributed by atoms with Gasteiger partial charge in [-0.25, -0.2) is 0 Å². The lowest BCUT2D eigenvalue weighted by atomic mass is 10.0. The van der Waals surface area contributed by atoms with Crippen LogP contribution in [0.5, 0.6) is 0 Å². The van der Waals surface area contributed by atoms with Gasteiger partial charge in [0.25, 0.3) is 0 Å². The van der Waals surface area contributed by atoms with Crippen LogP contribution in [0.4, 0.5) is 0 Å². The number of nitrogens with zero attached hydrogens (tertiary/aromatic N) is 1. The Labute approximate surface area is 242 Å². The van der Waals surface area contributed by atoms with Gasteiger partial charge >= 0.3 is 0 Å². The number of carbonyl (C=O) groups is 2. The third-order valence-corrected chi connectivity index (χ3v) is 8.19. The zero-order valence-electron chi connectivity index (χ0n) is 20.9. The Morgan fingerprint density at radius 1 is 0.973 bits per heavy atom. The van der Waals surface area contributed by atoms with Crippen LogP contribution in [0.25, 0.3) is 0 Å². The lowest BCUT2D eigenvalue weighted by Gasteiger charge is -2.32. The Hall–Kier alpha value is -1.99. The molecule has 1 N–H and O–H groups in total. The summed E-state index contributed by atoms with van der Waals surface area (Å²) in [5.41, 5.74) is 2.74. The summed E-state index contributed by atoms with van der Waals surface area (Å²) in [5.74, 6) is 0.420. The predicted molar refractivity (Wildman–Crippen MR) is 159 cm³/mol. The van der Waals surface area contributed by atoms with Gasteiger partial charge in [0.05, 0.1) is 5.75 Å². The van der Waals surface area contributed by atoms with E-state index in [9.17, 15) is 9.59 Å². The molecule has 4 nitrogen and oxygen atoms in total. The van der Waals surface area contributed by atoms with E-state index < -0.39 is 6.04 Å². The summed E-state index contributed by atoms with van der Waals surface area (Å²) >= 11 is 17.6. The first-order valence-electron chi connectivity index (χ1n) is 12.2. The molecule has 0 saturated heterocycles. The van der Waals surface area contributed by atoms with Gasteiger partial charge in [0.1, 0.15) is 6.04 Å². The van der Waals surface area contributed by atoms with E-state index in [0.29, 0.717) is 28.8 Å². The summed E-state index contributed by atoms with van der Waals surface area (Å²) in [4.78, 5) is 29.0. The summed E-state index contributed by atoms with van der Waals surface area (Å²) < 4.78 is 0.920. The van der Waals surface area contributed by atoms with Crippen molar-refractivity contribution in [2.75, 3.05) is 5.75 Å². The molecule has 0 aliphatic heterocycles. The monoisotopic (exact) mass is 620 g/mol. The molecule has 3 rings (SSSR count). The van der Waals surface area contributed by atoms with Crippen LogP contribution in [-0.2, 0) is 28.3 Å². The molecular weight excluding hydrogens is 591 g/mol. The van der Waals surface area contributed by atoms with Gasteiger partial charge in [-0.15, -0.1) is 11.8 Å². The Kier molecular flexibility index (Phi) is 11.8. The largest absolute Gasteiger partial charge is 0.352 e. The lowest BCUT2D eigenvalue weighted by molar-refractivity contribution is -0.139. The highest BCUT2D eigenvalue weighted by Crippen LogP contribution is 2.28. The van der Waals surface area contributed by atoms with E-state index in [0.717, 1.165) is 27.6 Å². The van der Waals surface area contributed by atoms with Crippen molar-refractivity contribution in [2.24, 2.45) is 0 Å². The topological polar surface area (TPSA) is 49.4 Å². The molecule has 2 atom stereocenters. The number of hydrogen-bond acceptors (Lipinski definition) is 3. The second-order valence-electron chi connectivity index (χ2n) is 8.87. The molecule has 0 aliphatic rings. The Bertz CT molecular complexity index is 1180. The fourth-order valence-corrected chi connectivity index (χ4v) is 5.91. The van der Waals surface area contributed by atoms with Crippen LogP contribution in [0.1, 0.15) is 37.0 Å². The number of rotatable bonds is 12. The lowest BCUT2D eigenvalue weighted by Crippen LogP contribution is -2.52. The molecule has 0 aliphatic carbocycles. The van der Waals surface area contributed by atoms with Crippen molar-refractivity contribution in [3.8, 4) is 0 Å². The van der Waals surface area contributed by atoms with E-state index >= 15 is 0 Å². The molecular formula is C29H31BrCl2N2O2S. The summed E-state index contributed by atoms with van der Waals surface area (Å²) in [6, 6.07) is 22.3. The fourth-order valence-electron chi connectivity index (χ4n) is 3.82. The van der Waals surface area contributed by atoms with E-state index in [1.54, 1.807) is 23.1 Å². The molecule has 0 radical (unpaired) electrons. The molecule has 0 aromatic heterocycles. The van der Waals surface area contributed by atoms with E-state index in [1.165, 1.54) is 11.8 Å². The van der Waals surface area contributed by atoms with Crippen molar-refractivity contribution in [2.45, 2.75) is 51.1 Å². The first-order chi connectivity index (χ1) is 17.8. The number of hydrogen-bond donors (Lipinski definition) is 1. The molecule has 0 unspecified atom stereocenters. The second kappa shape index (κ2) is 14.8. The van der Waals surface area contributed by atoms with Crippen molar-refractivity contribution in [1.29, 1.82) is 0 Å². The first kappa shape index (κ1) is 29.6. The van der Waals surface area contributed by atoms with Crippen LogP contribution >= 0.6 is 50.9 Å². The van der Waals surface area contributed by atoms with E-state index in [1.807, 2.05) is 68.4 Å². The molecule has 196 valence electrons.